The second kappa shape index (κ2) is 41.7. The molecule has 3 aromatic rings. The predicted molar refractivity (Wildman–Crippen MR) is 336 cm³/mol. The highest BCUT2D eigenvalue weighted by molar-refractivity contribution is 5.79. The van der Waals surface area contributed by atoms with Gasteiger partial charge in [0.2, 0.25) is 0 Å². The molecule has 10 nitrogen and oxygen atoms in total. The largest absolute Gasteiger partial charge is 0.446 e. The molecule has 3 aliphatic rings. The van der Waals surface area contributed by atoms with E-state index in [2.05, 4.69) is 110 Å². The smallest absolute Gasteiger partial charge is 0.341 e. The van der Waals surface area contributed by atoms with Crippen molar-refractivity contribution in [2.24, 2.45) is 11.8 Å². The standard InChI is InChI=1S/C24H35NO2.C18H25NO3.C14H18O.C9H17NO.C6H12/c1-5-25(6-2)19-13-18-24(3,4)27-23(26)22(20-14-9-7-10-15-20)21-16-11-8-12-17-21;1-5-19(6-2)14-10-13-18(3,4)22-17(21)16(20)15-11-8-7-9-12-15;15-11-14(12-7-3-1-4-8-12)13-9-5-2-6-10-13;1-5-10-8-6-7-9(2,3)11-4;1-2-4-6-5-3-1/h7,9-10,14-15,21-22H,5-6,8,11-12,16-17,19H2,1-4H3;7-9,11-12,16,20H,5-6,14H2,1-4H3;1,3-4,7-8,11,13-14H,2,5-6,9-10H2;10H,5,8H2,1-4H3;1-6H2. The molecular formula is C71H107N3O7. The van der Waals surface area contributed by atoms with Crippen LogP contribution in [0.2, 0.25) is 0 Å². The van der Waals surface area contributed by atoms with Crippen LogP contribution in [0.5, 0.6) is 0 Å². The maximum Gasteiger partial charge on any atom is 0.341 e. The lowest BCUT2D eigenvalue weighted by molar-refractivity contribution is -0.162. The molecule has 2 N–H and O–H groups in total. The van der Waals surface area contributed by atoms with E-state index >= 15 is 0 Å². The van der Waals surface area contributed by atoms with Crippen molar-refractivity contribution >= 4 is 18.2 Å². The number of hydrogen-bond donors (Lipinski definition) is 2. The van der Waals surface area contributed by atoms with Crippen LogP contribution >= 0.6 is 0 Å². The van der Waals surface area contributed by atoms with Crippen LogP contribution in [0.25, 0.3) is 0 Å². The molecule has 3 aromatic carbocycles. The Labute approximate surface area is 493 Å². The van der Waals surface area contributed by atoms with Gasteiger partial charge in [0.1, 0.15) is 11.9 Å². The zero-order chi connectivity index (χ0) is 59.8. The highest BCUT2D eigenvalue weighted by Crippen LogP contribution is 2.38. The predicted octanol–water partition coefficient (Wildman–Crippen LogP) is 14.3. The minimum Gasteiger partial charge on any atom is -0.446 e. The minimum absolute atomic E-state index is 0.129. The SMILES string of the molecule is C1CCCCC1.CCN(CC)CC#CC(C)(C)OC(=O)C(O)c1ccccc1.CCN(CC)CC#CC(C)(C)OC(=O)C(c1ccccc1)C1CCCCC1.CCNCC#CC(C)(C)OC.O=CC(c1ccccc1)C1CCCCC1. The van der Waals surface area contributed by atoms with Gasteiger partial charge in [-0.15, -0.1) is 0 Å². The van der Waals surface area contributed by atoms with Crippen molar-refractivity contribution in [3.05, 3.63) is 108 Å². The number of aldehydes is 1. The lowest BCUT2D eigenvalue weighted by atomic mass is 9.77. The Hall–Kier alpha value is -5.25. The van der Waals surface area contributed by atoms with Crippen LogP contribution in [0.4, 0.5) is 0 Å². The summed E-state index contributed by atoms with van der Waals surface area (Å²) in [5.41, 5.74) is 0.765. The molecule has 3 aliphatic carbocycles. The van der Waals surface area contributed by atoms with Crippen LogP contribution in [0.15, 0.2) is 91.0 Å². The maximum absolute atomic E-state index is 13.2. The van der Waals surface area contributed by atoms with Crippen molar-refractivity contribution in [3.63, 3.8) is 0 Å². The molecule has 448 valence electrons. The summed E-state index contributed by atoms with van der Waals surface area (Å²) < 4.78 is 16.4. The first-order valence-electron chi connectivity index (χ1n) is 30.8. The third-order valence-electron chi connectivity index (χ3n) is 15.1. The fraction of sp³-hybridized carbons (Fsp3) is 0.620. The maximum atomic E-state index is 13.2. The van der Waals surface area contributed by atoms with Crippen LogP contribution in [0, 0.1) is 47.4 Å². The van der Waals surface area contributed by atoms with Gasteiger partial charge in [0.05, 0.1) is 25.6 Å². The molecule has 0 aliphatic heterocycles. The molecule has 3 fully saturated rings. The van der Waals surface area contributed by atoms with Gasteiger partial charge in [-0.3, -0.25) is 14.6 Å². The summed E-state index contributed by atoms with van der Waals surface area (Å²) in [5.74, 6) is 18.4. The van der Waals surface area contributed by atoms with Gasteiger partial charge in [-0.2, -0.15) is 0 Å². The lowest BCUT2D eigenvalue weighted by Gasteiger charge is -2.31. The summed E-state index contributed by atoms with van der Waals surface area (Å²) in [7, 11) is 1.67. The van der Waals surface area contributed by atoms with Gasteiger partial charge in [-0.05, 0) is 128 Å². The van der Waals surface area contributed by atoms with Crippen molar-refractivity contribution in [2.75, 3.05) is 59.5 Å². The number of methoxy groups -OCH3 is 1. The van der Waals surface area contributed by atoms with Crippen LogP contribution in [-0.4, -0.2) is 109 Å². The highest BCUT2D eigenvalue weighted by Gasteiger charge is 2.35. The Morgan fingerprint density at radius 2 is 0.914 bits per heavy atom. The molecule has 0 aromatic heterocycles. The third-order valence-corrected chi connectivity index (χ3v) is 15.1. The zero-order valence-corrected chi connectivity index (χ0v) is 52.4. The van der Waals surface area contributed by atoms with Crippen LogP contribution < -0.4 is 5.32 Å². The monoisotopic (exact) mass is 1110 g/mol. The van der Waals surface area contributed by atoms with E-state index in [1.807, 2.05) is 70.2 Å². The summed E-state index contributed by atoms with van der Waals surface area (Å²) in [5, 5.41) is 13.1. The molecule has 3 atom stereocenters. The number of benzene rings is 3. The van der Waals surface area contributed by atoms with Crippen LogP contribution in [-0.2, 0) is 28.6 Å². The molecule has 3 saturated carbocycles. The van der Waals surface area contributed by atoms with Crippen LogP contribution in [0.3, 0.4) is 0 Å². The normalized spacial score (nSPS) is 15.7. The van der Waals surface area contributed by atoms with E-state index in [4.69, 9.17) is 14.2 Å². The fourth-order valence-corrected chi connectivity index (χ4v) is 9.98. The molecule has 0 radical (unpaired) electrons. The first-order valence-corrected chi connectivity index (χ1v) is 30.8. The Morgan fingerprint density at radius 1 is 0.543 bits per heavy atom. The van der Waals surface area contributed by atoms with Crippen molar-refractivity contribution in [1.82, 2.24) is 15.1 Å². The average molecular weight is 1110 g/mol. The van der Waals surface area contributed by atoms with E-state index < -0.39 is 23.3 Å². The van der Waals surface area contributed by atoms with Crippen molar-refractivity contribution in [2.45, 2.75) is 214 Å². The van der Waals surface area contributed by atoms with E-state index in [1.54, 1.807) is 45.2 Å². The average Bonchev–Trinajstić information content (AvgIpc) is 3.49. The van der Waals surface area contributed by atoms with Gasteiger partial charge in [0.25, 0.3) is 0 Å². The molecule has 0 bridgehead atoms. The molecule has 0 heterocycles. The number of aliphatic hydroxyl groups excluding tert-OH is 1. The Morgan fingerprint density at radius 3 is 1.31 bits per heavy atom. The van der Waals surface area contributed by atoms with Gasteiger partial charge in [0, 0.05) is 13.0 Å². The van der Waals surface area contributed by atoms with Gasteiger partial charge < -0.3 is 29.4 Å². The van der Waals surface area contributed by atoms with Gasteiger partial charge in [-0.25, -0.2) is 4.79 Å². The highest BCUT2D eigenvalue weighted by atomic mass is 16.6. The summed E-state index contributed by atoms with van der Waals surface area (Å²) in [6, 6.07) is 29.0. The summed E-state index contributed by atoms with van der Waals surface area (Å²) in [6.45, 7) is 28.4. The minimum atomic E-state index is -1.29. The molecule has 0 amide bonds. The quantitative estimate of drug-likeness (QED) is 0.0520. The fourth-order valence-electron chi connectivity index (χ4n) is 9.98. The third kappa shape index (κ3) is 31.1. The number of ether oxygens (including phenoxy) is 3. The first-order chi connectivity index (χ1) is 38.9. The first kappa shape index (κ1) is 71.9. The second-order valence-electron chi connectivity index (χ2n) is 22.9. The number of esters is 2. The summed E-state index contributed by atoms with van der Waals surface area (Å²) >= 11 is 0. The Kier molecular flexibility index (Phi) is 37.0. The Balaban J connectivity index is 0.000000371. The molecule has 81 heavy (non-hydrogen) atoms. The number of carbonyl (C=O) groups excluding carboxylic acids is 3. The van der Waals surface area contributed by atoms with Gasteiger partial charge in [0.15, 0.2) is 17.3 Å². The van der Waals surface area contributed by atoms with Gasteiger partial charge >= 0.3 is 11.9 Å². The number of rotatable bonds is 19. The van der Waals surface area contributed by atoms with E-state index in [0.717, 1.165) is 64.0 Å². The number of aliphatic hydroxyl groups is 1. The molecule has 10 heteroatoms. The topological polar surface area (TPSA) is 118 Å². The van der Waals surface area contributed by atoms with Crippen molar-refractivity contribution in [1.29, 1.82) is 0 Å². The van der Waals surface area contributed by atoms with E-state index in [9.17, 15) is 19.5 Å². The van der Waals surface area contributed by atoms with E-state index in [-0.39, 0.29) is 23.4 Å². The molecule has 0 spiro atoms. The molecule has 3 unspecified atom stereocenters. The molecule has 0 saturated heterocycles. The summed E-state index contributed by atoms with van der Waals surface area (Å²) in [6.07, 6.45) is 21.1. The lowest BCUT2D eigenvalue weighted by Crippen LogP contribution is -2.33. The number of carbonyl (C=O) groups is 3. The van der Waals surface area contributed by atoms with Crippen molar-refractivity contribution in [3.8, 4) is 35.5 Å². The number of nitrogens with one attached hydrogen (secondary N) is 1. The van der Waals surface area contributed by atoms with Crippen molar-refractivity contribution < 1.29 is 33.7 Å². The molecular weight excluding hydrogens is 1010 g/mol. The number of hydrogen-bond acceptors (Lipinski definition) is 10. The molecule has 6 rings (SSSR count). The van der Waals surface area contributed by atoms with Gasteiger partial charge in [-0.1, -0.05) is 238 Å². The Bertz CT molecular complexity index is 2300. The van der Waals surface area contributed by atoms with E-state index in [0.29, 0.717) is 30.5 Å². The van der Waals surface area contributed by atoms with Crippen LogP contribution in [0.1, 0.15) is 214 Å². The second-order valence-corrected chi connectivity index (χ2v) is 22.9. The van der Waals surface area contributed by atoms with E-state index in [1.165, 1.54) is 95.5 Å². The number of nitrogens with zero attached hydrogens (tertiary/aromatic N) is 2. The zero-order valence-electron chi connectivity index (χ0n) is 52.4. The summed E-state index contributed by atoms with van der Waals surface area (Å²) in [4.78, 5) is 40.8.